The van der Waals surface area contributed by atoms with E-state index in [-0.39, 0.29) is 6.42 Å². The number of hydrogen-bond acceptors (Lipinski definition) is 7. The highest BCUT2D eigenvalue weighted by atomic mass is 17.2. The summed E-state index contributed by atoms with van der Waals surface area (Å²) in [6.45, 7) is 10.6. The molecule has 0 radical (unpaired) electrons. The Hall–Kier alpha value is -1.96. The monoisotopic (exact) mass is 376 g/mol. The summed E-state index contributed by atoms with van der Waals surface area (Å²) in [7, 11) is 0. The number of aliphatic hydroxyl groups is 1. The third kappa shape index (κ3) is 2.19. The van der Waals surface area contributed by atoms with E-state index in [0.717, 1.165) is 0 Å². The standard InChI is InChI=1S/C20H24O7/c1-6-10(2)16(21)24-13-9-12-11(3)17(22)25-14(12)15-18(4)7-8-20(15,27-26-18)19(13,5)23/h6-8,12-15,23H,3,9H2,1-2,4-5H3/b10-6+/t12-,13+,14-,15-,18-,19+,20+/m0/s1. The summed E-state index contributed by atoms with van der Waals surface area (Å²) in [6.07, 6.45) is 3.85. The maximum atomic E-state index is 12.4. The quantitative estimate of drug-likeness (QED) is 0.340. The molecule has 0 aromatic rings. The van der Waals surface area contributed by atoms with Gasteiger partial charge in [0.15, 0.2) is 5.60 Å². The van der Waals surface area contributed by atoms with E-state index < -0.39 is 52.8 Å². The molecule has 0 aromatic carbocycles. The molecule has 0 amide bonds. The first-order chi connectivity index (χ1) is 12.6. The largest absolute Gasteiger partial charge is 0.458 e. The zero-order valence-corrected chi connectivity index (χ0v) is 15.9. The summed E-state index contributed by atoms with van der Waals surface area (Å²) in [6, 6.07) is 0. The summed E-state index contributed by atoms with van der Waals surface area (Å²) < 4.78 is 11.3. The van der Waals surface area contributed by atoms with Crippen molar-refractivity contribution in [2.24, 2.45) is 11.8 Å². The molecule has 1 saturated carbocycles. The van der Waals surface area contributed by atoms with Crippen molar-refractivity contribution in [1.29, 1.82) is 0 Å². The highest BCUT2D eigenvalue weighted by Gasteiger charge is 2.76. The van der Waals surface area contributed by atoms with Crippen molar-refractivity contribution >= 4 is 11.9 Å². The maximum Gasteiger partial charge on any atom is 0.334 e. The molecule has 7 atom stereocenters. The number of hydrogen-bond donors (Lipinski definition) is 1. The van der Waals surface area contributed by atoms with Crippen LogP contribution in [0, 0.1) is 11.8 Å². The van der Waals surface area contributed by atoms with Gasteiger partial charge in [-0.2, -0.15) is 0 Å². The van der Waals surface area contributed by atoms with E-state index in [4.69, 9.17) is 19.2 Å². The smallest absolute Gasteiger partial charge is 0.334 e. The number of carbonyl (C=O) groups excluding carboxylic acids is 2. The van der Waals surface area contributed by atoms with E-state index in [1.54, 1.807) is 32.9 Å². The summed E-state index contributed by atoms with van der Waals surface area (Å²) >= 11 is 0. The van der Waals surface area contributed by atoms with Crippen LogP contribution in [0.1, 0.15) is 34.1 Å². The topological polar surface area (TPSA) is 91.3 Å². The molecule has 4 rings (SSSR count). The van der Waals surface area contributed by atoms with Crippen LogP contribution in [-0.2, 0) is 28.8 Å². The lowest BCUT2D eigenvalue weighted by Gasteiger charge is -2.43. The lowest BCUT2D eigenvalue weighted by molar-refractivity contribution is -0.366. The second kappa shape index (κ2) is 5.53. The van der Waals surface area contributed by atoms with Crippen molar-refractivity contribution in [1.82, 2.24) is 0 Å². The zero-order valence-electron chi connectivity index (χ0n) is 15.9. The predicted octanol–water partition coefficient (Wildman–Crippen LogP) is 1.76. The van der Waals surface area contributed by atoms with Gasteiger partial charge in [0.25, 0.3) is 0 Å². The number of esters is 2. The van der Waals surface area contributed by atoms with Crippen LogP contribution in [0.5, 0.6) is 0 Å². The molecule has 2 bridgehead atoms. The zero-order chi connectivity index (χ0) is 19.8. The summed E-state index contributed by atoms with van der Waals surface area (Å²) in [4.78, 5) is 35.8. The van der Waals surface area contributed by atoms with Gasteiger partial charge in [-0.05, 0) is 40.2 Å². The van der Waals surface area contributed by atoms with E-state index >= 15 is 0 Å². The Labute approximate surface area is 157 Å². The molecule has 2 aliphatic carbocycles. The third-order valence-electron chi connectivity index (χ3n) is 6.67. The van der Waals surface area contributed by atoms with Gasteiger partial charge < -0.3 is 14.6 Å². The van der Waals surface area contributed by atoms with Crippen LogP contribution in [0.4, 0.5) is 0 Å². The molecular weight excluding hydrogens is 352 g/mol. The first-order valence-electron chi connectivity index (χ1n) is 9.10. The van der Waals surface area contributed by atoms with E-state index in [0.29, 0.717) is 11.1 Å². The molecular formula is C20H24O7. The molecule has 4 aliphatic rings. The van der Waals surface area contributed by atoms with E-state index in [9.17, 15) is 14.7 Å². The van der Waals surface area contributed by atoms with Gasteiger partial charge in [0, 0.05) is 17.1 Å². The molecule has 1 N–H and O–H groups in total. The molecule has 3 fully saturated rings. The maximum absolute atomic E-state index is 12.4. The molecule has 0 unspecified atom stereocenters. The van der Waals surface area contributed by atoms with Crippen molar-refractivity contribution < 1.29 is 33.9 Å². The van der Waals surface area contributed by atoms with Crippen molar-refractivity contribution in [2.75, 3.05) is 0 Å². The molecule has 2 saturated heterocycles. The van der Waals surface area contributed by atoms with Crippen LogP contribution < -0.4 is 0 Å². The Morgan fingerprint density at radius 2 is 2.07 bits per heavy atom. The van der Waals surface area contributed by atoms with Gasteiger partial charge in [-0.15, -0.1) is 0 Å². The fourth-order valence-corrected chi connectivity index (χ4v) is 4.80. The van der Waals surface area contributed by atoms with Gasteiger partial charge in [-0.3, -0.25) is 0 Å². The normalized spacial score (nSPS) is 48.1. The minimum Gasteiger partial charge on any atom is -0.458 e. The van der Waals surface area contributed by atoms with Gasteiger partial charge >= 0.3 is 11.9 Å². The Kier molecular flexibility index (Phi) is 3.77. The van der Waals surface area contributed by atoms with Crippen LogP contribution in [-0.4, -0.2) is 46.1 Å². The van der Waals surface area contributed by atoms with Gasteiger partial charge in [0.1, 0.15) is 23.4 Å². The van der Waals surface area contributed by atoms with Gasteiger partial charge in [-0.1, -0.05) is 18.7 Å². The van der Waals surface area contributed by atoms with Gasteiger partial charge in [0.05, 0.1) is 5.92 Å². The molecule has 7 nitrogen and oxygen atoms in total. The molecule has 27 heavy (non-hydrogen) atoms. The van der Waals surface area contributed by atoms with Crippen LogP contribution in [0.15, 0.2) is 36.0 Å². The Balaban J connectivity index is 1.81. The van der Waals surface area contributed by atoms with Crippen LogP contribution in [0.25, 0.3) is 0 Å². The fourth-order valence-electron chi connectivity index (χ4n) is 4.80. The van der Waals surface area contributed by atoms with E-state index in [2.05, 4.69) is 6.58 Å². The SMILES string of the molecule is C=C1C(=O)O[C@H]2[C@H]1C[C@@H](OC(=O)/C(C)=C/C)[C@@](C)(O)[C@]13C=C[C@](C)(OO1)[C@H]23. The Morgan fingerprint density at radius 3 is 2.67 bits per heavy atom. The second-order valence-electron chi connectivity index (χ2n) is 8.21. The first-order valence-corrected chi connectivity index (χ1v) is 9.10. The van der Waals surface area contributed by atoms with E-state index in [1.807, 2.05) is 13.0 Å². The lowest BCUT2D eigenvalue weighted by Crippen LogP contribution is -2.62. The van der Waals surface area contributed by atoms with Gasteiger partial charge in [0.2, 0.25) is 0 Å². The van der Waals surface area contributed by atoms with E-state index in [1.165, 1.54) is 0 Å². The predicted molar refractivity (Wildman–Crippen MR) is 93.0 cm³/mol. The third-order valence-corrected chi connectivity index (χ3v) is 6.67. The molecule has 7 heteroatoms. The second-order valence-corrected chi connectivity index (χ2v) is 8.21. The average Bonchev–Trinajstić information content (AvgIpc) is 3.18. The molecule has 0 spiro atoms. The molecule has 2 aliphatic heterocycles. The summed E-state index contributed by atoms with van der Waals surface area (Å²) in [5, 5.41) is 11.6. The summed E-state index contributed by atoms with van der Waals surface area (Å²) in [5.74, 6) is -1.91. The van der Waals surface area contributed by atoms with Gasteiger partial charge in [-0.25, -0.2) is 19.4 Å². The molecule has 0 aromatic heterocycles. The number of fused-ring (bicyclic) bond motifs is 1. The van der Waals surface area contributed by atoms with Crippen LogP contribution >= 0.6 is 0 Å². The Morgan fingerprint density at radius 1 is 1.37 bits per heavy atom. The lowest BCUT2D eigenvalue weighted by atomic mass is 9.70. The van der Waals surface area contributed by atoms with Crippen molar-refractivity contribution in [3.05, 3.63) is 36.0 Å². The van der Waals surface area contributed by atoms with Crippen LogP contribution in [0.2, 0.25) is 0 Å². The highest BCUT2D eigenvalue weighted by molar-refractivity contribution is 5.91. The minimum atomic E-state index is -1.61. The average molecular weight is 376 g/mol. The van der Waals surface area contributed by atoms with Crippen molar-refractivity contribution in [3.8, 4) is 0 Å². The van der Waals surface area contributed by atoms with Crippen molar-refractivity contribution in [3.63, 3.8) is 0 Å². The highest BCUT2D eigenvalue weighted by Crippen LogP contribution is 2.61. The van der Waals surface area contributed by atoms with Crippen LogP contribution in [0.3, 0.4) is 0 Å². The summed E-state index contributed by atoms with van der Waals surface area (Å²) in [5.41, 5.74) is -3.04. The molecule has 2 heterocycles. The number of carbonyl (C=O) groups is 2. The number of rotatable bonds is 2. The van der Waals surface area contributed by atoms with Crippen molar-refractivity contribution in [2.45, 2.75) is 63.1 Å². The first kappa shape index (κ1) is 18.4. The molecule has 146 valence electrons. The minimum absolute atomic E-state index is 0.205. The number of ether oxygens (including phenoxy) is 2. The number of allylic oxidation sites excluding steroid dienone is 1. The Bertz CT molecular complexity index is 794. The fraction of sp³-hybridized carbons (Fsp3) is 0.600.